The number of anilines is 1. The number of ether oxygens (including phenoxy) is 3. The van der Waals surface area contributed by atoms with Gasteiger partial charge in [0.15, 0.2) is 0 Å². The minimum atomic E-state index is -0.267. The maximum atomic E-state index is 12.3. The van der Waals surface area contributed by atoms with Crippen LogP contribution in [-0.4, -0.2) is 45.5 Å². The molecule has 1 fully saturated rings. The van der Waals surface area contributed by atoms with Gasteiger partial charge < -0.3 is 19.1 Å². The van der Waals surface area contributed by atoms with Gasteiger partial charge in [-0.2, -0.15) is 0 Å². The van der Waals surface area contributed by atoms with Gasteiger partial charge in [0.1, 0.15) is 12.4 Å². The number of nitrogens with zero attached hydrogens (tertiary/aromatic N) is 1. The molecular weight excluding hydrogens is 438 g/mol. The average Bonchev–Trinajstić information content (AvgIpc) is 2.87. The maximum Gasteiger partial charge on any atom is 0.333 e. The Morgan fingerprint density at radius 1 is 1.00 bits per heavy atom. The van der Waals surface area contributed by atoms with Crippen molar-refractivity contribution in [3.63, 3.8) is 0 Å². The zero-order chi connectivity index (χ0) is 25.0. The van der Waals surface area contributed by atoms with Gasteiger partial charge in [-0.15, -0.1) is 0 Å². The Hall–Kier alpha value is -2.79. The third kappa shape index (κ3) is 8.14. The number of rotatable bonds is 12. The zero-order valence-electron chi connectivity index (χ0n) is 21.8. The van der Waals surface area contributed by atoms with Gasteiger partial charge in [0.25, 0.3) is 0 Å². The molecule has 0 atom stereocenters. The molecule has 0 amide bonds. The van der Waals surface area contributed by atoms with Crippen LogP contribution in [0.4, 0.5) is 5.69 Å². The second-order valence-corrected chi connectivity index (χ2v) is 9.33. The summed E-state index contributed by atoms with van der Waals surface area (Å²) in [6, 6.07) is 14.7. The summed E-state index contributed by atoms with van der Waals surface area (Å²) in [5, 5.41) is 0. The molecule has 0 aromatic heterocycles. The third-order valence-electron chi connectivity index (χ3n) is 6.45. The van der Waals surface area contributed by atoms with Crippen LogP contribution in [0.15, 0.2) is 48.0 Å². The zero-order valence-corrected chi connectivity index (χ0v) is 21.8. The predicted molar refractivity (Wildman–Crippen MR) is 144 cm³/mol. The monoisotopic (exact) mass is 479 g/mol. The Morgan fingerprint density at radius 3 is 2.40 bits per heavy atom. The van der Waals surface area contributed by atoms with Crippen LogP contribution in [0.25, 0.3) is 17.2 Å². The van der Waals surface area contributed by atoms with Gasteiger partial charge >= 0.3 is 5.97 Å². The highest BCUT2D eigenvalue weighted by atomic mass is 16.5. The molecule has 1 saturated heterocycles. The first kappa shape index (κ1) is 26.8. The third-order valence-corrected chi connectivity index (χ3v) is 6.45. The summed E-state index contributed by atoms with van der Waals surface area (Å²) in [4.78, 5) is 14.7. The van der Waals surface area contributed by atoms with E-state index in [-0.39, 0.29) is 5.97 Å². The Labute approximate surface area is 211 Å². The van der Waals surface area contributed by atoms with E-state index in [1.54, 1.807) is 0 Å². The van der Waals surface area contributed by atoms with E-state index in [0.717, 1.165) is 60.9 Å². The van der Waals surface area contributed by atoms with Crippen molar-refractivity contribution in [2.24, 2.45) is 5.92 Å². The molecule has 0 bridgehead atoms. The first-order valence-corrected chi connectivity index (χ1v) is 13.1. The Bertz CT molecular complexity index is 959. The molecule has 3 rings (SSSR count). The number of benzene rings is 2. The summed E-state index contributed by atoms with van der Waals surface area (Å²) in [6.45, 7) is 12.5. The summed E-state index contributed by atoms with van der Waals surface area (Å²) in [6.07, 6.45) is 6.56. The number of esters is 1. The molecular formula is C30H41NO4. The van der Waals surface area contributed by atoms with Crippen molar-refractivity contribution in [1.82, 2.24) is 0 Å². The lowest BCUT2D eigenvalue weighted by atomic mass is 9.96. The van der Waals surface area contributed by atoms with Crippen molar-refractivity contribution < 1.29 is 19.0 Å². The van der Waals surface area contributed by atoms with Crippen LogP contribution in [0, 0.1) is 5.92 Å². The van der Waals surface area contributed by atoms with E-state index < -0.39 is 0 Å². The average molecular weight is 480 g/mol. The van der Waals surface area contributed by atoms with Crippen LogP contribution in [0.1, 0.15) is 58.9 Å². The van der Waals surface area contributed by atoms with Crippen LogP contribution in [0.2, 0.25) is 0 Å². The summed E-state index contributed by atoms with van der Waals surface area (Å²) < 4.78 is 16.6. The molecule has 0 unspecified atom stereocenters. The SMILES string of the molecule is CCCCOCCOc1ccc(-c2ccc(N3CCC(C)CC3)c(C=C(C)C(=O)OCC)c2)cc1. The van der Waals surface area contributed by atoms with Crippen molar-refractivity contribution in [3.05, 3.63) is 53.6 Å². The van der Waals surface area contributed by atoms with Gasteiger partial charge in [0.2, 0.25) is 0 Å². The Balaban J connectivity index is 1.77. The molecule has 35 heavy (non-hydrogen) atoms. The predicted octanol–water partition coefficient (Wildman–Crippen LogP) is 6.75. The lowest BCUT2D eigenvalue weighted by molar-refractivity contribution is -0.138. The molecule has 2 aromatic rings. The number of carbonyl (C=O) groups excluding carboxylic acids is 1. The highest BCUT2D eigenvalue weighted by Crippen LogP contribution is 2.32. The van der Waals surface area contributed by atoms with Crippen molar-refractivity contribution in [2.45, 2.75) is 53.4 Å². The molecule has 1 heterocycles. The summed E-state index contributed by atoms with van der Waals surface area (Å²) >= 11 is 0. The molecule has 0 saturated carbocycles. The first-order valence-electron chi connectivity index (χ1n) is 13.1. The Kier molecular flexibility index (Phi) is 10.7. The number of unbranched alkanes of at least 4 members (excludes halogenated alkanes) is 1. The van der Waals surface area contributed by atoms with E-state index >= 15 is 0 Å². The van der Waals surface area contributed by atoms with Crippen LogP contribution >= 0.6 is 0 Å². The Morgan fingerprint density at radius 2 is 1.71 bits per heavy atom. The highest BCUT2D eigenvalue weighted by Gasteiger charge is 2.19. The van der Waals surface area contributed by atoms with Gasteiger partial charge in [0, 0.05) is 31.0 Å². The molecule has 0 spiro atoms. The molecule has 1 aliphatic rings. The fourth-order valence-electron chi connectivity index (χ4n) is 4.23. The summed E-state index contributed by atoms with van der Waals surface area (Å²) in [5.41, 5.74) is 5.05. The largest absolute Gasteiger partial charge is 0.491 e. The van der Waals surface area contributed by atoms with Gasteiger partial charge in [-0.05, 0) is 86.1 Å². The molecule has 0 N–H and O–H groups in total. The molecule has 2 aromatic carbocycles. The lowest BCUT2D eigenvalue weighted by Gasteiger charge is -2.33. The van der Waals surface area contributed by atoms with Crippen LogP contribution < -0.4 is 9.64 Å². The standard InChI is InChI=1S/C30H41NO4/c1-5-7-18-33-19-20-35-28-11-8-25(9-12-28)26-10-13-29(31-16-14-23(3)15-17-31)27(22-26)21-24(4)30(32)34-6-2/h8-13,21-23H,5-7,14-20H2,1-4H3. The normalized spacial score (nSPS) is 14.7. The number of hydrogen-bond acceptors (Lipinski definition) is 5. The molecule has 5 nitrogen and oxygen atoms in total. The number of piperidine rings is 1. The second-order valence-electron chi connectivity index (χ2n) is 9.33. The molecule has 0 radical (unpaired) electrons. The number of carbonyl (C=O) groups is 1. The highest BCUT2D eigenvalue weighted by molar-refractivity contribution is 5.94. The van der Waals surface area contributed by atoms with Crippen molar-refractivity contribution in [1.29, 1.82) is 0 Å². The van der Waals surface area contributed by atoms with Crippen LogP contribution in [0.5, 0.6) is 5.75 Å². The fraction of sp³-hybridized carbons (Fsp3) is 0.500. The van der Waals surface area contributed by atoms with Crippen LogP contribution in [-0.2, 0) is 14.3 Å². The van der Waals surface area contributed by atoms with E-state index in [1.165, 1.54) is 18.5 Å². The fourth-order valence-corrected chi connectivity index (χ4v) is 4.23. The summed E-state index contributed by atoms with van der Waals surface area (Å²) in [7, 11) is 0. The van der Waals surface area contributed by atoms with Gasteiger partial charge in [-0.1, -0.05) is 38.5 Å². The minimum Gasteiger partial charge on any atom is -0.491 e. The van der Waals surface area contributed by atoms with Gasteiger partial charge in [-0.25, -0.2) is 4.79 Å². The van der Waals surface area contributed by atoms with E-state index in [4.69, 9.17) is 14.2 Å². The smallest absolute Gasteiger partial charge is 0.333 e. The van der Waals surface area contributed by atoms with Crippen molar-refractivity contribution >= 4 is 17.7 Å². The molecule has 0 aliphatic carbocycles. The summed E-state index contributed by atoms with van der Waals surface area (Å²) in [5.74, 6) is 1.33. The molecule has 190 valence electrons. The van der Waals surface area contributed by atoms with Crippen molar-refractivity contribution in [3.8, 4) is 16.9 Å². The van der Waals surface area contributed by atoms with Crippen LogP contribution in [0.3, 0.4) is 0 Å². The quantitative estimate of drug-likeness (QED) is 0.191. The molecule has 5 heteroatoms. The van der Waals surface area contributed by atoms with Gasteiger partial charge in [0.05, 0.1) is 13.2 Å². The van der Waals surface area contributed by atoms with Gasteiger partial charge in [-0.3, -0.25) is 0 Å². The maximum absolute atomic E-state index is 12.3. The van der Waals surface area contributed by atoms with Crippen molar-refractivity contribution in [2.75, 3.05) is 44.4 Å². The van der Waals surface area contributed by atoms with E-state index in [1.807, 2.05) is 32.1 Å². The molecule has 1 aliphatic heterocycles. The van der Waals surface area contributed by atoms with E-state index in [2.05, 4.69) is 49.1 Å². The topological polar surface area (TPSA) is 48.0 Å². The van der Waals surface area contributed by atoms with E-state index in [9.17, 15) is 4.79 Å². The minimum absolute atomic E-state index is 0.267. The lowest BCUT2D eigenvalue weighted by Crippen LogP contribution is -2.33. The number of hydrogen-bond donors (Lipinski definition) is 0. The first-order chi connectivity index (χ1) is 17.0. The van der Waals surface area contributed by atoms with E-state index in [0.29, 0.717) is 25.4 Å². The second kappa shape index (κ2) is 13.9.